The molecule has 0 aliphatic rings. The summed E-state index contributed by atoms with van der Waals surface area (Å²) < 4.78 is 4.47. The first-order valence-corrected chi connectivity index (χ1v) is 5.09. The summed E-state index contributed by atoms with van der Waals surface area (Å²) in [5, 5.41) is 20.9. The van der Waals surface area contributed by atoms with Crippen molar-refractivity contribution in [2.75, 3.05) is 19.5 Å². The second kappa shape index (κ2) is 6.07. The van der Waals surface area contributed by atoms with Crippen LogP contribution >= 0.6 is 0 Å². The fourth-order valence-corrected chi connectivity index (χ4v) is 1.37. The normalized spacial score (nSPS) is 10.7. The first-order valence-electron chi connectivity index (χ1n) is 5.09. The zero-order chi connectivity index (χ0) is 13.5. The van der Waals surface area contributed by atoms with Crippen LogP contribution in [0.3, 0.4) is 0 Å². The Morgan fingerprint density at radius 2 is 1.83 bits per heavy atom. The van der Waals surface area contributed by atoms with Gasteiger partial charge in [-0.05, 0) is 17.7 Å². The van der Waals surface area contributed by atoms with Gasteiger partial charge in [-0.15, -0.1) is 0 Å². The molecule has 18 heavy (non-hydrogen) atoms. The standard InChI is InChI=1S/C13H11N3O2/c1-16-10-5-3-9(4-6-10)11(7-14)12(8-15)13(17)18-2/h3-6,16H,1-2H3. The number of ether oxygens (including phenoxy) is 1. The van der Waals surface area contributed by atoms with E-state index in [9.17, 15) is 4.79 Å². The molecule has 1 aromatic carbocycles. The predicted octanol–water partition coefficient (Wildman–Crippen LogP) is 1.70. The lowest BCUT2D eigenvalue weighted by molar-refractivity contribution is -0.135. The molecule has 90 valence electrons. The van der Waals surface area contributed by atoms with E-state index in [-0.39, 0.29) is 11.1 Å². The van der Waals surface area contributed by atoms with Gasteiger partial charge in [-0.3, -0.25) is 0 Å². The number of benzene rings is 1. The first kappa shape index (κ1) is 13.3. The smallest absolute Gasteiger partial charge is 0.350 e. The van der Waals surface area contributed by atoms with Crippen molar-refractivity contribution >= 4 is 17.2 Å². The molecule has 0 unspecified atom stereocenters. The zero-order valence-corrected chi connectivity index (χ0v) is 10.0. The monoisotopic (exact) mass is 241 g/mol. The lowest BCUT2D eigenvalue weighted by atomic mass is 10.0. The van der Waals surface area contributed by atoms with Gasteiger partial charge >= 0.3 is 5.97 Å². The molecular formula is C13H11N3O2. The molecule has 0 aliphatic heterocycles. The lowest BCUT2D eigenvalue weighted by Crippen LogP contribution is -2.05. The van der Waals surface area contributed by atoms with E-state index in [4.69, 9.17) is 10.5 Å². The van der Waals surface area contributed by atoms with E-state index in [1.165, 1.54) is 7.11 Å². The minimum absolute atomic E-state index is 0.00648. The number of hydrogen-bond donors (Lipinski definition) is 1. The Hall–Kier alpha value is -2.79. The topological polar surface area (TPSA) is 85.9 Å². The van der Waals surface area contributed by atoms with Gasteiger partial charge in [-0.1, -0.05) is 12.1 Å². The summed E-state index contributed by atoms with van der Waals surface area (Å²) in [5.41, 5.74) is 1.08. The second-order valence-electron chi connectivity index (χ2n) is 3.29. The molecule has 5 heteroatoms. The first-order chi connectivity index (χ1) is 8.67. The number of esters is 1. The molecule has 0 amide bonds. The van der Waals surface area contributed by atoms with Crippen LogP contribution in [0.2, 0.25) is 0 Å². The van der Waals surface area contributed by atoms with E-state index in [0.717, 1.165) is 5.69 Å². The van der Waals surface area contributed by atoms with E-state index < -0.39 is 5.97 Å². The Morgan fingerprint density at radius 1 is 1.22 bits per heavy atom. The van der Waals surface area contributed by atoms with Gasteiger partial charge in [0.15, 0.2) is 5.57 Å². The third-order valence-corrected chi connectivity index (χ3v) is 2.33. The molecule has 0 fully saturated rings. The van der Waals surface area contributed by atoms with Crippen molar-refractivity contribution in [3.63, 3.8) is 0 Å². The van der Waals surface area contributed by atoms with Crippen molar-refractivity contribution in [1.82, 2.24) is 0 Å². The molecule has 0 aliphatic carbocycles. The molecular weight excluding hydrogens is 230 g/mol. The predicted molar refractivity (Wildman–Crippen MR) is 66.2 cm³/mol. The van der Waals surface area contributed by atoms with Gasteiger partial charge in [0.25, 0.3) is 0 Å². The highest BCUT2D eigenvalue weighted by atomic mass is 16.5. The Kier molecular flexibility index (Phi) is 4.48. The molecule has 0 heterocycles. The van der Waals surface area contributed by atoms with Crippen LogP contribution in [0.1, 0.15) is 5.56 Å². The summed E-state index contributed by atoms with van der Waals surface area (Å²) in [6.45, 7) is 0. The fourth-order valence-electron chi connectivity index (χ4n) is 1.37. The maximum absolute atomic E-state index is 11.4. The van der Waals surface area contributed by atoms with Gasteiger partial charge in [0, 0.05) is 12.7 Å². The molecule has 0 bridgehead atoms. The molecule has 1 aromatic rings. The number of hydrogen-bond acceptors (Lipinski definition) is 5. The van der Waals surface area contributed by atoms with Crippen molar-refractivity contribution in [3.05, 3.63) is 35.4 Å². The quantitative estimate of drug-likeness (QED) is 0.494. The fraction of sp³-hybridized carbons (Fsp3) is 0.154. The molecule has 5 nitrogen and oxygen atoms in total. The number of nitrogens with zero attached hydrogens (tertiary/aromatic N) is 2. The van der Waals surface area contributed by atoms with Crippen LogP contribution < -0.4 is 5.32 Å². The zero-order valence-electron chi connectivity index (χ0n) is 10.0. The number of rotatable bonds is 3. The molecule has 0 saturated carbocycles. The van der Waals surface area contributed by atoms with E-state index in [1.54, 1.807) is 37.4 Å². The number of allylic oxidation sites excluding steroid dienone is 1. The van der Waals surface area contributed by atoms with E-state index in [1.807, 2.05) is 6.07 Å². The summed E-state index contributed by atoms with van der Waals surface area (Å²) >= 11 is 0. The average molecular weight is 241 g/mol. The Morgan fingerprint density at radius 3 is 2.22 bits per heavy atom. The lowest BCUT2D eigenvalue weighted by Gasteiger charge is -2.04. The van der Waals surface area contributed by atoms with Gasteiger partial charge in [0.2, 0.25) is 0 Å². The number of methoxy groups -OCH3 is 1. The van der Waals surface area contributed by atoms with Crippen LogP contribution in [0, 0.1) is 22.7 Å². The number of carbonyl (C=O) groups is 1. The minimum atomic E-state index is -0.813. The van der Waals surface area contributed by atoms with Crippen LogP contribution in [0.15, 0.2) is 29.8 Å². The van der Waals surface area contributed by atoms with Crippen molar-refractivity contribution in [3.8, 4) is 12.1 Å². The molecule has 1 N–H and O–H groups in total. The Labute approximate surface area is 105 Å². The summed E-state index contributed by atoms with van der Waals surface area (Å²) in [6, 6.07) is 10.4. The maximum atomic E-state index is 11.4. The van der Waals surface area contributed by atoms with E-state index in [0.29, 0.717) is 5.56 Å². The summed E-state index contributed by atoms with van der Waals surface area (Å²) in [5.74, 6) is -0.813. The van der Waals surface area contributed by atoms with Crippen LogP contribution in [0.25, 0.3) is 5.57 Å². The largest absolute Gasteiger partial charge is 0.465 e. The van der Waals surface area contributed by atoms with Crippen LogP contribution in [0.4, 0.5) is 5.69 Å². The maximum Gasteiger partial charge on any atom is 0.350 e. The van der Waals surface area contributed by atoms with Crippen LogP contribution in [0.5, 0.6) is 0 Å². The second-order valence-corrected chi connectivity index (χ2v) is 3.29. The molecule has 0 radical (unpaired) electrons. The Balaban J connectivity index is 3.32. The number of nitrogens with one attached hydrogen (secondary N) is 1. The van der Waals surface area contributed by atoms with Crippen molar-refractivity contribution in [2.45, 2.75) is 0 Å². The van der Waals surface area contributed by atoms with Crippen LogP contribution in [-0.2, 0) is 9.53 Å². The van der Waals surface area contributed by atoms with Crippen molar-refractivity contribution in [2.24, 2.45) is 0 Å². The molecule has 0 saturated heterocycles. The highest BCUT2D eigenvalue weighted by molar-refractivity contribution is 6.04. The molecule has 0 aromatic heterocycles. The van der Waals surface area contributed by atoms with Gasteiger partial charge in [0.1, 0.15) is 12.1 Å². The molecule has 0 spiro atoms. The van der Waals surface area contributed by atoms with Gasteiger partial charge < -0.3 is 10.1 Å². The van der Waals surface area contributed by atoms with Gasteiger partial charge in [0.05, 0.1) is 12.7 Å². The van der Waals surface area contributed by atoms with Crippen molar-refractivity contribution < 1.29 is 9.53 Å². The summed E-state index contributed by atoms with van der Waals surface area (Å²) in [6.07, 6.45) is 0. The highest BCUT2D eigenvalue weighted by Gasteiger charge is 2.17. The SMILES string of the molecule is CNc1ccc(C(C#N)=C(C#N)C(=O)OC)cc1. The van der Waals surface area contributed by atoms with Crippen molar-refractivity contribution in [1.29, 1.82) is 10.5 Å². The Bertz CT molecular complexity index is 559. The average Bonchev–Trinajstić information content (AvgIpc) is 2.44. The number of nitriles is 2. The molecule has 1 rings (SSSR count). The third kappa shape index (κ3) is 2.66. The van der Waals surface area contributed by atoms with Gasteiger partial charge in [-0.2, -0.15) is 10.5 Å². The summed E-state index contributed by atoms with van der Waals surface area (Å²) in [7, 11) is 2.93. The number of anilines is 1. The molecule has 0 atom stereocenters. The van der Waals surface area contributed by atoms with Gasteiger partial charge in [-0.25, -0.2) is 4.79 Å². The summed E-state index contributed by atoms with van der Waals surface area (Å²) in [4.78, 5) is 11.4. The number of carbonyl (C=O) groups excluding carboxylic acids is 1. The highest BCUT2D eigenvalue weighted by Crippen LogP contribution is 2.20. The van der Waals surface area contributed by atoms with Crippen LogP contribution in [-0.4, -0.2) is 20.1 Å². The van der Waals surface area contributed by atoms with E-state index >= 15 is 0 Å². The third-order valence-electron chi connectivity index (χ3n) is 2.33. The minimum Gasteiger partial charge on any atom is -0.465 e. The van der Waals surface area contributed by atoms with E-state index in [2.05, 4.69) is 10.1 Å².